The fraction of sp³-hybridized carbons (Fsp3) is 0.231. The van der Waals surface area contributed by atoms with Gasteiger partial charge in [0.15, 0.2) is 0 Å². The first-order valence-corrected chi connectivity index (χ1v) is 9.77. The van der Waals surface area contributed by atoms with Crippen molar-refractivity contribution in [1.82, 2.24) is 0 Å². The van der Waals surface area contributed by atoms with E-state index < -0.39 is 11.1 Å². The second-order valence-electron chi connectivity index (χ2n) is 7.39. The summed E-state index contributed by atoms with van der Waals surface area (Å²) in [4.78, 5) is 0. The van der Waals surface area contributed by atoms with Gasteiger partial charge in [0, 0.05) is 7.11 Å². The zero-order chi connectivity index (χ0) is 19.9. The Balaban J connectivity index is 1.91. The number of allylic oxidation sites excluding steroid dienone is 1. The van der Waals surface area contributed by atoms with Crippen LogP contribution in [0.15, 0.2) is 97.1 Å². The van der Waals surface area contributed by atoms with Gasteiger partial charge in [-0.15, -0.1) is 0 Å². The highest BCUT2D eigenvalue weighted by molar-refractivity contribution is 5.48. The molecule has 0 bridgehead atoms. The largest absolute Gasteiger partial charge is 0.367 e. The van der Waals surface area contributed by atoms with Crippen LogP contribution in [0.5, 0.6) is 0 Å². The maximum atomic E-state index is 6.99. The summed E-state index contributed by atoms with van der Waals surface area (Å²) in [6.45, 7) is 2.09. The first-order chi connectivity index (χ1) is 13.6. The third kappa shape index (κ3) is 4.09. The van der Waals surface area contributed by atoms with Crippen molar-refractivity contribution >= 4 is 6.08 Å². The lowest BCUT2D eigenvalue weighted by Gasteiger charge is -2.46. The predicted molar refractivity (Wildman–Crippen MR) is 118 cm³/mol. The molecule has 2 heteroatoms. The van der Waals surface area contributed by atoms with Crippen molar-refractivity contribution in [2.24, 2.45) is 5.73 Å². The zero-order valence-corrected chi connectivity index (χ0v) is 16.7. The lowest BCUT2D eigenvalue weighted by molar-refractivity contribution is -0.0412. The van der Waals surface area contributed by atoms with Crippen molar-refractivity contribution in [2.45, 2.75) is 30.9 Å². The smallest absolute Gasteiger partial charge is 0.135 e. The maximum Gasteiger partial charge on any atom is 0.135 e. The van der Waals surface area contributed by atoms with Crippen molar-refractivity contribution < 1.29 is 4.74 Å². The van der Waals surface area contributed by atoms with Crippen LogP contribution in [-0.4, -0.2) is 12.6 Å². The summed E-state index contributed by atoms with van der Waals surface area (Å²) in [5, 5.41) is 0. The Morgan fingerprint density at radius 2 is 1.25 bits per heavy atom. The molecule has 0 heterocycles. The molecule has 0 aromatic heterocycles. The van der Waals surface area contributed by atoms with E-state index in [1.807, 2.05) is 54.6 Å². The average molecular weight is 372 g/mol. The van der Waals surface area contributed by atoms with Crippen molar-refractivity contribution in [3.63, 3.8) is 0 Å². The highest BCUT2D eigenvalue weighted by atomic mass is 16.5. The van der Waals surface area contributed by atoms with Crippen LogP contribution >= 0.6 is 0 Å². The van der Waals surface area contributed by atoms with Crippen LogP contribution in [0.2, 0.25) is 0 Å². The van der Waals surface area contributed by atoms with Crippen LogP contribution < -0.4 is 5.73 Å². The van der Waals surface area contributed by atoms with Gasteiger partial charge in [-0.05, 0) is 36.5 Å². The monoisotopic (exact) mass is 371 g/mol. The number of benzene rings is 3. The number of rotatable bonds is 8. The second kappa shape index (κ2) is 9.01. The van der Waals surface area contributed by atoms with E-state index >= 15 is 0 Å². The molecule has 0 aliphatic rings. The van der Waals surface area contributed by atoms with E-state index in [0.717, 1.165) is 24.0 Å². The summed E-state index contributed by atoms with van der Waals surface area (Å²) in [7, 11) is 1.75. The standard InChI is InChI=1S/C26H29NO/c1-25(27,21-13-12-16-22-14-6-3-7-15-22)26(28-2,23-17-8-4-9-18-23)24-19-10-5-11-20-24/h3-12,14-20H,13,21,27H2,1-2H3. The van der Waals surface area contributed by atoms with Crippen molar-refractivity contribution in [3.8, 4) is 0 Å². The summed E-state index contributed by atoms with van der Waals surface area (Å²) >= 11 is 0. The first-order valence-electron chi connectivity index (χ1n) is 9.77. The van der Waals surface area contributed by atoms with Crippen molar-refractivity contribution in [2.75, 3.05) is 7.11 Å². The Hall–Kier alpha value is -2.68. The highest BCUT2D eigenvalue weighted by Crippen LogP contribution is 2.43. The fourth-order valence-corrected chi connectivity index (χ4v) is 3.98. The molecule has 28 heavy (non-hydrogen) atoms. The van der Waals surface area contributed by atoms with Gasteiger partial charge in [-0.25, -0.2) is 0 Å². The third-order valence-corrected chi connectivity index (χ3v) is 5.41. The van der Waals surface area contributed by atoms with Gasteiger partial charge in [0.2, 0.25) is 0 Å². The van der Waals surface area contributed by atoms with E-state index in [1.165, 1.54) is 5.56 Å². The molecule has 3 aromatic rings. The first kappa shape index (κ1) is 20.1. The van der Waals surface area contributed by atoms with E-state index in [-0.39, 0.29) is 0 Å². The minimum atomic E-state index is -0.726. The van der Waals surface area contributed by atoms with E-state index in [9.17, 15) is 0 Å². The van der Waals surface area contributed by atoms with Crippen LogP contribution in [0, 0.1) is 0 Å². The van der Waals surface area contributed by atoms with Crippen LogP contribution in [-0.2, 0) is 10.3 Å². The molecule has 0 saturated carbocycles. The molecule has 0 fully saturated rings. The van der Waals surface area contributed by atoms with Gasteiger partial charge in [0.25, 0.3) is 0 Å². The summed E-state index contributed by atoms with van der Waals surface area (Å²) in [5.74, 6) is 0. The number of hydrogen-bond donors (Lipinski definition) is 1. The van der Waals surface area contributed by atoms with Crippen molar-refractivity contribution in [1.29, 1.82) is 0 Å². The van der Waals surface area contributed by atoms with Gasteiger partial charge in [-0.1, -0.05) is 103 Å². The third-order valence-electron chi connectivity index (χ3n) is 5.41. The molecular weight excluding hydrogens is 342 g/mol. The molecule has 2 N–H and O–H groups in total. The molecule has 1 atom stereocenters. The number of methoxy groups -OCH3 is 1. The SMILES string of the molecule is COC(c1ccccc1)(c1ccccc1)C(C)(N)CCC=Cc1ccccc1. The Morgan fingerprint density at radius 1 is 0.786 bits per heavy atom. The number of ether oxygens (including phenoxy) is 1. The van der Waals surface area contributed by atoms with E-state index in [4.69, 9.17) is 10.5 Å². The van der Waals surface area contributed by atoms with Gasteiger partial charge in [0.05, 0.1) is 5.54 Å². The van der Waals surface area contributed by atoms with Gasteiger partial charge < -0.3 is 10.5 Å². The van der Waals surface area contributed by atoms with E-state index in [1.54, 1.807) is 7.11 Å². The Labute approximate surface area is 168 Å². The van der Waals surface area contributed by atoms with Gasteiger partial charge in [0.1, 0.15) is 5.60 Å². The van der Waals surface area contributed by atoms with E-state index in [0.29, 0.717) is 0 Å². The van der Waals surface area contributed by atoms with Crippen LogP contribution in [0.3, 0.4) is 0 Å². The summed E-state index contributed by atoms with van der Waals surface area (Å²) < 4.78 is 6.24. The summed E-state index contributed by atoms with van der Waals surface area (Å²) in [6.07, 6.45) is 5.99. The van der Waals surface area contributed by atoms with Gasteiger partial charge in [-0.2, -0.15) is 0 Å². The molecule has 144 valence electrons. The molecule has 0 radical (unpaired) electrons. The minimum Gasteiger partial charge on any atom is -0.367 e. The normalized spacial score (nSPS) is 14.1. The van der Waals surface area contributed by atoms with Crippen LogP contribution in [0.4, 0.5) is 0 Å². The molecule has 3 aromatic carbocycles. The molecule has 0 saturated heterocycles. The topological polar surface area (TPSA) is 35.2 Å². The average Bonchev–Trinajstić information content (AvgIpc) is 2.74. The van der Waals surface area contributed by atoms with Gasteiger partial charge in [-0.3, -0.25) is 0 Å². The molecule has 1 unspecified atom stereocenters. The minimum absolute atomic E-state index is 0.606. The maximum absolute atomic E-state index is 6.99. The van der Waals surface area contributed by atoms with Gasteiger partial charge >= 0.3 is 0 Å². The molecule has 3 rings (SSSR count). The number of hydrogen-bond acceptors (Lipinski definition) is 2. The predicted octanol–water partition coefficient (Wildman–Crippen LogP) is 5.79. The molecule has 0 aliphatic carbocycles. The number of nitrogens with two attached hydrogens (primary N) is 1. The fourth-order valence-electron chi connectivity index (χ4n) is 3.98. The van der Waals surface area contributed by atoms with Crippen LogP contribution in [0.25, 0.3) is 6.08 Å². The molecular formula is C26H29NO. The highest BCUT2D eigenvalue weighted by Gasteiger charge is 2.48. The van der Waals surface area contributed by atoms with E-state index in [2.05, 4.69) is 55.5 Å². The lowest BCUT2D eigenvalue weighted by Crippen LogP contribution is -2.58. The zero-order valence-electron chi connectivity index (χ0n) is 16.7. The van der Waals surface area contributed by atoms with Crippen LogP contribution in [0.1, 0.15) is 36.5 Å². The molecule has 2 nitrogen and oxygen atoms in total. The molecule has 0 amide bonds. The summed E-state index contributed by atoms with van der Waals surface area (Å²) in [6, 6.07) is 30.9. The Bertz CT molecular complexity index is 831. The lowest BCUT2D eigenvalue weighted by atomic mass is 9.70. The quantitative estimate of drug-likeness (QED) is 0.544. The summed E-state index contributed by atoms with van der Waals surface area (Å²) in [5.41, 5.74) is 9.00. The Morgan fingerprint density at radius 3 is 1.71 bits per heavy atom. The molecule has 0 spiro atoms. The molecule has 0 aliphatic heterocycles. The Kier molecular flexibility index (Phi) is 6.45. The second-order valence-corrected chi connectivity index (χ2v) is 7.39. The van der Waals surface area contributed by atoms with Crippen molar-refractivity contribution in [3.05, 3.63) is 114 Å².